The normalized spacial score (nSPS) is 14.7. The van der Waals surface area contributed by atoms with Crippen LogP contribution in [0.15, 0.2) is 78.9 Å². The number of alkyl carbamates (subject to hydrolysis) is 1. The highest BCUT2D eigenvalue weighted by molar-refractivity contribution is 7.54. The number of amides is 1. The first-order valence-corrected chi connectivity index (χ1v) is 14.3. The number of unbranched alkanes of at least 4 members (excludes halogenated alkanes) is 1. The molecule has 0 spiro atoms. The number of hydrogen-bond acceptors (Lipinski definition) is 6. The van der Waals surface area contributed by atoms with E-state index in [4.69, 9.17) is 18.9 Å². The number of hydrogen-bond donors (Lipinski definition) is 2. The molecule has 2 N–H and O–H groups in total. The van der Waals surface area contributed by atoms with Crippen LogP contribution in [0.3, 0.4) is 0 Å². The van der Waals surface area contributed by atoms with Gasteiger partial charge < -0.3 is 19.7 Å². The third-order valence-corrected chi connectivity index (χ3v) is 8.59. The summed E-state index contributed by atoms with van der Waals surface area (Å²) in [6.07, 6.45) is 0.881. The van der Waals surface area contributed by atoms with Crippen molar-refractivity contribution in [2.45, 2.75) is 44.5 Å². The van der Waals surface area contributed by atoms with Crippen LogP contribution in [0.25, 0.3) is 11.1 Å². The summed E-state index contributed by atoms with van der Waals surface area (Å²) in [7, 11) is -4.08. The average molecular weight is 538 g/mol. The zero-order valence-electron chi connectivity index (χ0n) is 21.2. The van der Waals surface area contributed by atoms with Crippen molar-refractivity contribution in [1.29, 1.82) is 0 Å². The lowest BCUT2D eigenvalue weighted by atomic mass is 9.98. The molecule has 1 aliphatic carbocycles. The van der Waals surface area contributed by atoms with E-state index >= 15 is 0 Å². The van der Waals surface area contributed by atoms with E-state index in [-0.39, 0.29) is 25.6 Å². The van der Waals surface area contributed by atoms with Crippen LogP contribution in [0.2, 0.25) is 0 Å². The van der Waals surface area contributed by atoms with Gasteiger partial charge in [-0.25, -0.2) is 9.59 Å². The van der Waals surface area contributed by atoms with Gasteiger partial charge in [0.15, 0.2) is 6.61 Å². The lowest BCUT2D eigenvalue weighted by Gasteiger charge is -2.27. The standard InChI is InChI=1S/C29H32NO7P/c1-2-3-17-27(38(34,37-20-28(31)32)36-18-21-11-5-4-6-12-21)30-29(33)35-19-26-24-15-9-7-13-22(24)23-14-8-10-16-25(23)26/h4-16,26-27H,2-3,17-20H2,1H3,(H,30,33)(H,31,32). The Morgan fingerprint density at radius 2 is 1.53 bits per heavy atom. The van der Waals surface area contributed by atoms with Crippen molar-refractivity contribution >= 4 is 19.7 Å². The molecule has 0 bridgehead atoms. The van der Waals surface area contributed by atoms with Gasteiger partial charge in [0.1, 0.15) is 12.4 Å². The fourth-order valence-electron chi connectivity index (χ4n) is 4.58. The van der Waals surface area contributed by atoms with E-state index < -0.39 is 32.0 Å². The van der Waals surface area contributed by atoms with Gasteiger partial charge in [-0.1, -0.05) is 98.6 Å². The molecule has 0 fully saturated rings. The van der Waals surface area contributed by atoms with Crippen LogP contribution in [0.5, 0.6) is 0 Å². The number of carboxylic acids is 1. The molecule has 8 nitrogen and oxygen atoms in total. The number of fused-ring (bicyclic) bond motifs is 3. The minimum absolute atomic E-state index is 0.0628. The maximum Gasteiger partial charge on any atom is 0.407 e. The van der Waals surface area contributed by atoms with E-state index in [1.807, 2.05) is 61.5 Å². The Kier molecular flexibility index (Phi) is 9.34. The Morgan fingerprint density at radius 3 is 2.13 bits per heavy atom. The van der Waals surface area contributed by atoms with E-state index in [0.29, 0.717) is 6.42 Å². The molecule has 0 aromatic heterocycles. The molecule has 4 rings (SSSR count). The summed E-state index contributed by atoms with van der Waals surface area (Å²) >= 11 is 0. The SMILES string of the molecule is CCCCC(NC(=O)OCC1c2ccccc2-c2ccccc21)P(=O)(OCC(=O)O)OCc1ccccc1. The summed E-state index contributed by atoms with van der Waals surface area (Å²) in [6.45, 7) is 1.16. The number of benzene rings is 3. The van der Waals surface area contributed by atoms with E-state index in [1.54, 1.807) is 12.1 Å². The van der Waals surface area contributed by atoms with Crippen LogP contribution in [0.4, 0.5) is 4.79 Å². The summed E-state index contributed by atoms with van der Waals surface area (Å²) in [5.41, 5.74) is 5.11. The number of carbonyl (C=O) groups excluding carboxylic acids is 1. The molecule has 1 aliphatic rings. The molecule has 2 atom stereocenters. The van der Waals surface area contributed by atoms with Crippen molar-refractivity contribution in [3.63, 3.8) is 0 Å². The second kappa shape index (κ2) is 12.9. The third kappa shape index (κ3) is 6.70. The summed E-state index contributed by atoms with van der Waals surface area (Å²) in [4.78, 5) is 24.2. The monoisotopic (exact) mass is 537 g/mol. The molecule has 3 aromatic carbocycles. The number of nitrogens with one attached hydrogen (secondary N) is 1. The van der Waals surface area contributed by atoms with Gasteiger partial charge in [-0.2, -0.15) is 0 Å². The maximum absolute atomic E-state index is 13.8. The Morgan fingerprint density at radius 1 is 0.921 bits per heavy atom. The van der Waals surface area contributed by atoms with Gasteiger partial charge in [0.2, 0.25) is 0 Å². The molecule has 9 heteroatoms. The van der Waals surface area contributed by atoms with Crippen molar-refractivity contribution < 1.29 is 33.0 Å². The Labute approximate surface area is 222 Å². The van der Waals surface area contributed by atoms with Gasteiger partial charge in [-0.3, -0.25) is 9.09 Å². The fraction of sp³-hybridized carbons (Fsp3) is 0.310. The Balaban J connectivity index is 1.48. The number of carbonyl (C=O) groups is 2. The van der Waals surface area contributed by atoms with Crippen LogP contribution < -0.4 is 5.32 Å². The van der Waals surface area contributed by atoms with Crippen LogP contribution >= 0.6 is 7.60 Å². The Bertz CT molecular complexity index is 1250. The first kappa shape index (κ1) is 27.6. The lowest BCUT2D eigenvalue weighted by molar-refractivity contribution is -0.139. The predicted molar refractivity (Wildman–Crippen MR) is 144 cm³/mol. The van der Waals surface area contributed by atoms with Crippen LogP contribution in [-0.4, -0.2) is 36.2 Å². The zero-order chi connectivity index (χ0) is 27.0. The number of carboxylic acid groups (broad SMARTS) is 1. The highest BCUT2D eigenvalue weighted by Crippen LogP contribution is 2.54. The molecule has 38 heavy (non-hydrogen) atoms. The lowest BCUT2D eigenvalue weighted by Crippen LogP contribution is -2.37. The molecular formula is C29H32NO7P. The first-order valence-electron chi connectivity index (χ1n) is 12.7. The second-order valence-corrected chi connectivity index (χ2v) is 11.3. The van der Waals surface area contributed by atoms with E-state index in [0.717, 1.165) is 34.2 Å². The second-order valence-electron chi connectivity index (χ2n) is 9.09. The molecule has 0 saturated heterocycles. The van der Waals surface area contributed by atoms with E-state index in [1.165, 1.54) is 0 Å². The Hall–Kier alpha value is -3.45. The van der Waals surface area contributed by atoms with Gasteiger partial charge in [0.05, 0.1) is 6.61 Å². The van der Waals surface area contributed by atoms with Crippen LogP contribution in [0.1, 0.15) is 48.8 Å². The highest BCUT2D eigenvalue weighted by Gasteiger charge is 2.38. The zero-order valence-corrected chi connectivity index (χ0v) is 22.1. The summed E-state index contributed by atoms with van der Waals surface area (Å²) < 4.78 is 30.5. The minimum Gasteiger partial charge on any atom is -0.480 e. The molecule has 200 valence electrons. The van der Waals surface area contributed by atoms with E-state index in [9.17, 15) is 14.2 Å². The molecule has 2 unspecified atom stereocenters. The van der Waals surface area contributed by atoms with Gasteiger partial charge >= 0.3 is 19.7 Å². The van der Waals surface area contributed by atoms with Crippen molar-refractivity contribution in [3.05, 3.63) is 95.6 Å². The minimum atomic E-state index is -4.08. The van der Waals surface area contributed by atoms with Crippen molar-refractivity contribution in [2.75, 3.05) is 13.2 Å². The molecular weight excluding hydrogens is 505 g/mol. The molecule has 0 aliphatic heterocycles. The summed E-state index contributed by atoms with van der Waals surface area (Å²) in [6, 6.07) is 25.1. The molecule has 3 aromatic rings. The van der Waals surface area contributed by atoms with Gasteiger partial charge in [-0.15, -0.1) is 0 Å². The van der Waals surface area contributed by atoms with Gasteiger partial charge in [-0.05, 0) is 34.2 Å². The number of aliphatic carboxylic acids is 1. The smallest absolute Gasteiger partial charge is 0.407 e. The molecule has 0 radical (unpaired) electrons. The molecule has 0 heterocycles. The van der Waals surface area contributed by atoms with Crippen LogP contribution in [-0.2, 0) is 29.8 Å². The summed E-state index contributed by atoms with van der Waals surface area (Å²) in [5, 5.41) is 11.8. The number of ether oxygens (including phenoxy) is 1. The van der Waals surface area contributed by atoms with Crippen molar-refractivity contribution in [1.82, 2.24) is 5.32 Å². The van der Waals surface area contributed by atoms with Gasteiger partial charge in [0.25, 0.3) is 0 Å². The van der Waals surface area contributed by atoms with Crippen molar-refractivity contribution in [2.24, 2.45) is 0 Å². The number of rotatable bonds is 13. The molecule has 1 amide bonds. The topological polar surface area (TPSA) is 111 Å². The third-order valence-electron chi connectivity index (χ3n) is 6.46. The van der Waals surface area contributed by atoms with Gasteiger partial charge in [0, 0.05) is 5.92 Å². The molecule has 0 saturated carbocycles. The predicted octanol–water partition coefficient (Wildman–Crippen LogP) is 6.55. The summed E-state index contributed by atoms with van der Waals surface area (Å²) in [5.74, 6) is -2.49. The highest BCUT2D eigenvalue weighted by atomic mass is 31.2. The van der Waals surface area contributed by atoms with Crippen LogP contribution in [0, 0.1) is 0 Å². The quantitative estimate of drug-likeness (QED) is 0.238. The fourth-order valence-corrected chi connectivity index (χ4v) is 6.40. The van der Waals surface area contributed by atoms with E-state index in [2.05, 4.69) is 17.4 Å². The first-order chi connectivity index (χ1) is 18.4. The maximum atomic E-state index is 13.8. The average Bonchev–Trinajstić information content (AvgIpc) is 3.26. The van der Waals surface area contributed by atoms with Crippen molar-refractivity contribution in [3.8, 4) is 11.1 Å². The largest absolute Gasteiger partial charge is 0.480 e.